The Morgan fingerprint density at radius 2 is 1.87 bits per heavy atom. The van der Waals surface area contributed by atoms with E-state index in [0.29, 0.717) is 13.1 Å². The Morgan fingerprint density at radius 1 is 1.17 bits per heavy atom. The minimum Gasteiger partial charge on any atom is -0.464 e. The second-order valence-corrected chi connectivity index (χ2v) is 7.37. The number of hydrogen-bond acceptors (Lipinski definition) is 4. The van der Waals surface area contributed by atoms with Crippen molar-refractivity contribution in [1.29, 1.82) is 0 Å². The van der Waals surface area contributed by atoms with Gasteiger partial charge in [0.05, 0.1) is 11.8 Å². The predicted octanol–water partition coefficient (Wildman–Crippen LogP) is 3.83. The van der Waals surface area contributed by atoms with Gasteiger partial charge in [-0.05, 0) is 40.7 Å². The van der Waals surface area contributed by atoms with E-state index in [0.717, 1.165) is 16.5 Å². The number of benzene rings is 1. The number of fused-ring (bicyclic) bond motifs is 1. The number of nitrogens with one attached hydrogen (secondary N) is 2. The van der Waals surface area contributed by atoms with Gasteiger partial charge in [-0.2, -0.15) is 0 Å². The van der Waals surface area contributed by atoms with Crippen LogP contribution < -0.4 is 10.6 Å². The van der Waals surface area contributed by atoms with Gasteiger partial charge in [-0.1, -0.05) is 18.2 Å². The van der Waals surface area contributed by atoms with Crippen molar-refractivity contribution >= 4 is 17.1 Å². The van der Waals surface area contributed by atoms with Crippen LogP contribution in [0.4, 0.5) is 4.79 Å². The minimum atomic E-state index is -0.497. The minimum absolute atomic E-state index is 0.405. The first-order valence-electron chi connectivity index (χ1n) is 7.83. The molecule has 0 aliphatic heterocycles. The van der Waals surface area contributed by atoms with E-state index in [9.17, 15) is 4.79 Å². The second kappa shape index (κ2) is 6.62. The lowest BCUT2D eigenvalue weighted by Crippen LogP contribution is -2.51. The molecule has 1 aromatic carbocycles. The molecule has 0 aliphatic carbocycles. The molecule has 1 aromatic heterocycles. The van der Waals surface area contributed by atoms with Crippen LogP contribution in [0.5, 0.6) is 0 Å². The van der Waals surface area contributed by atoms with Gasteiger partial charge in [0.15, 0.2) is 0 Å². The molecular formula is C18H26N2O3. The number of hydrogen-bond donors (Lipinski definition) is 2. The maximum Gasteiger partial charge on any atom is 0.408 e. The van der Waals surface area contributed by atoms with Crippen molar-refractivity contribution in [1.82, 2.24) is 10.6 Å². The Bertz CT molecular complexity index is 668. The molecule has 126 valence electrons. The topological polar surface area (TPSA) is 63.5 Å². The molecule has 0 unspecified atom stereocenters. The zero-order valence-corrected chi connectivity index (χ0v) is 14.5. The molecule has 0 fully saturated rings. The molecule has 23 heavy (non-hydrogen) atoms. The fourth-order valence-corrected chi connectivity index (χ4v) is 2.30. The van der Waals surface area contributed by atoms with Crippen LogP contribution >= 0.6 is 0 Å². The molecule has 2 rings (SSSR count). The summed E-state index contributed by atoms with van der Waals surface area (Å²) >= 11 is 0. The van der Waals surface area contributed by atoms with Crippen LogP contribution in [0.2, 0.25) is 0 Å². The van der Waals surface area contributed by atoms with Gasteiger partial charge in [0.25, 0.3) is 0 Å². The number of ether oxygens (including phenoxy) is 1. The second-order valence-electron chi connectivity index (χ2n) is 7.37. The smallest absolute Gasteiger partial charge is 0.408 e. The first-order chi connectivity index (χ1) is 10.7. The largest absolute Gasteiger partial charge is 0.464 e. The summed E-state index contributed by atoms with van der Waals surface area (Å²) in [5.41, 5.74) is 1.08. The highest BCUT2D eigenvalue weighted by Gasteiger charge is 2.24. The fraction of sp³-hybridized carbons (Fsp3) is 0.500. The van der Waals surface area contributed by atoms with E-state index in [4.69, 9.17) is 9.15 Å². The lowest BCUT2D eigenvalue weighted by atomic mass is 10.1. The summed E-state index contributed by atoms with van der Waals surface area (Å²) in [4.78, 5) is 11.9. The molecule has 0 atom stereocenters. The van der Waals surface area contributed by atoms with Crippen LogP contribution in [0, 0.1) is 0 Å². The third-order valence-corrected chi connectivity index (χ3v) is 3.28. The van der Waals surface area contributed by atoms with E-state index >= 15 is 0 Å². The van der Waals surface area contributed by atoms with Crippen molar-refractivity contribution < 1.29 is 13.9 Å². The van der Waals surface area contributed by atoms with Gasteiger partial charge in [0, 0.05) is 24.0 Å². The summed E-state index contributed by atoms with van der Waals surface area (Å²) < 4.78 is 10.8. The molecule has 0 spiro atoms. The predicted molar refractivity (Wildman–Crippen MR) is 91.4 cm³/mol. The molecule has 0 saturated carbocycles. The summed E-state index contributed by atoms with van der Waals surface area (Å²) in [6.45, 7) is 10.8. The standard InChI is InChI=1S/C18H26N2O3/c1-17(2,3)23-16(21)20-18(4,5)12-19-10-13-11-22-15-9-7-6-8-14(13)15/h6-9,11,19H,10,12H2,1-5H3,(H,20,21). The van der Waals surface area contributed by atoms with E-state index in [2.05, 4.69) is 10.6 Å². The summed E-state index contributed by atoms with van der Waals surface area (Å²) in [6, 6.07) is 7.94. The summed E-state index contributed by atoms with van der Waals surface area (Å²) in [7, 11) is 0. The number of furan rings is 1. The molecule has 2 aromatic rings. The van der Waals surface area contributed by atoms with E-state index in [1.165, 1.54) is 0 Å². The molecular weight excluding hydrogens is 292 g/mol. The van der Waals surface area contributed by atoms with E-state index in [1.807, 2.05) is 58.9 Å². The van der Waals surface area contributed by atoms with Gasteiger partial charge in [-0.3, -0.25) is 0 Å². The number of carbonyl (C=O) groups excluding carboxylic acids is 1. The van der Waals surface area contributed by atoms with Gasteiger partial charge >= 0.3 is 6.09 Å². The zero-order valence-electron chi connectivity index (χ0n) is 14.5. The third-order valence-electron chi connectivity index (χ3n) is 3.28. The maximum absolute atomic E-state index is 11.9. The van der Waals surface area contributed by atoms with E-state index in [-0.39, 0.29) is 0 Å². The van der Waals surface area contributed by atoms with Gasteiger partial charge < -0.3 is 19.8 Å². The van der Waals surface area contributed by atoms with Crippen molar-refractivity contribution in [2.24, 2.45) is 0 Å². The number of carbonyl (C=O) groups is 1. The van der Waals surface area contributed by atoms with Crippen LogP contribution in [0.3, 0.4) is 0 Å². The van der Waals surface area contributed by atoms with Crippen molar-refractivity contribution in [2.75, 3.05) is 6.54 Å². The molecule has 0 aliphatic rings. The monoisotopic (exact) mass is 318 g/mol. The van der Waals surface area contributed by atoms with Gasteiger partial charge in [-0.15, -0.1) is 0 Å². The highest BCUT2D eigenvalue weighted by molar-refractivity contribution is 5.80. The molecule has 1 amide bonds. The van der Waals surface area contributed by atoms with Crippen LogP contribution in [0.1, 0.15) is 40.2 Å². The highest BCUT2D eigenvalue weighted by atomic mass is 16.6. The van der Waals surface area contributed by atoms with Crippen molar-refractivity contribution in [3.8, 4) is 0 Å². The Balaban J connectivity index is 1.86. The fourth-order valence-electron chi connectivity index (χ4n) is 2.30. The molecule has 1 heterocycles. The average molecular weight is 318 g/mol. The zero-order chi connectivity index (χ0) is 17.1. The summed E-state index contributed by atoms with van der Waals surface area (Å²) in [6.07, 6.45) is 1.37. The molecule has 0 bridgehead atoms. The normalized spacial score (nSPS) is 12.4. The van der Waals surface area contributed by atoms with Crippen molar-refractivity contribution in [3.63, 3.8) is 0 Å². The quantitative estimate of drug-likeness (QED) is 0.879. The summed E-state index contributed by atoms with van der Waals surface area (Å²) in [5.74, 6) is 0. The van der Waals surface area contributed by atoms with Gasteiger partial charge in [-0.25, -0.2) is 4.79 Å². The van der Waals surface area contributed by atoms with E-state index in [1.54, 1.807) is 6.26 Å². The third kappa shape index (κ3) is 5.28. The van der Waals surface area contributed by atoms with E-state index < -0.39 is 17.2 Å². The Kier molecular flexibility index (Phi) is 5.00. The Hall–Kier alpha value is -2.01. The SMILES string of the molecule is CC(C)(CNCc1coc2ccccc12)NC(=O)OC(C)(C)C. The number of rotatable bonds is 5. The molecule has 0 radical (unpaired) electrons. The first kappa shape index (κ1) is 17.3. The first-order valence-corrected chi connectivity index (χ1v) is 7.83. The number of alkyl carbamates (subject to hydrolysis) is 1. The lowest BCUT2D eigenvalue weighted by molar-refractivity contribution is 0.0472. The highest BCUT2D eigenvalue weighted by Crippen LogP contribution is 2.20. The van der Waals surface area contributed by atoms with Crippen molar-refractivity contribution in [2.45, 2.75) is 52.3 Å². The molecule has 5 nitrogen and oxygen atoms in total. The van der Waals surface area contributed by atoms with Crippen molar-refractivity contribution in [3.05, 3.63) is 36.1 Å². The molecule has 0 saturated heterocycles. The van der Waals surface area contributed by atoms with Gasteiger partial charge in [0.1, 0.15) is 11.2 Å². The number of amides is 1. The van der Waals surface area contributed by atoms with Crippen LogP contribution in [-0.2, 0) is 11.3 Å². The summed E-state index contributed by atoms with van der Waals surface area (Å²) in [5, 5.41) is 7.35. The van der Waals surface area contributed by atoms with Crippen LogP contribution in [0.25, 0.3) is 11.0 Å². The Morgan fingerprint density at radius 3 is 2.57 bits per heavy atom. The Labute approximate surface area is 137 Å². The maximum atomic E-state index is 11.9. The number of para-hydroxylation sites is 1. The average Bonchev–Trinajstić information content (AvgIpc) is 2.79. The van der Waals surface area contributed by atoms with Gasteiger partial charge in [0.2, 0.25) is 0 Å². The molecule has 2 N–H and O–H groups in total. The molecule has 5 heteroatoms. The van der Waals surface area contributed by atoms with Crippen LogP contribution in [0.15, 0.2) is 34.9 Å². The van der Waals surface area contributed by atoms with Crippen LogP contribution in [-0.4, -0.2) is 23.8 Å². The lowest BCUT2D eigenvalue weighted by Gasteiger charge is -2.28.